The van der Waals surface area contributed by atoms with Crippen LogP contribution in [0.3, 0.4) is 0 Å². The van der Waals surface area contributed by atoms with Crippen molar-refractivity contribution in [2.45, 2.75) is 52.2 Å². The van der Waals surface area contributed by atoms with E-state index in [0.717, 1.165) is 6.42 Å². The van der Waals surface area contributed by atoms with Crippen LogP contribution in [0.5, 0.6) is 0 Å². The fourth-order valence-electron chi connectivity index (χ4n) is 0.902. The SMILES string of the molecule is CC(O)CCCNC(=O)OC(C)(C)C. The third kappa shape index (κ3) is 9.32. The Morgan fingerprint density at radius 1 is 1.50 bits per heavy atom. The minimum Gasteiger partial charge on any atom is -0.444 e. The van der Waals surface area contributed by atoms with E-state index in [1.807, 2.05) is 20.8 Å². The summed E-state index contributed by atoms with van der Waals surface area (Å²) in [4.78, 5) is 11.1. The highest BCUT2D eigenvalue weighted by molar-refractivity contribution is 5.67. The lowest BCUT2D eigenvalue weighted by molar-refractivity contribution is 0.0524. The summed E-state index contributed by atoms with van der Waals surface area (Å²) in [6, 6.07) is 0. The first-order chi connectivity index (χ1) is 6.31. The van der Waals surface area contributed by atoms with Gasteiger partial charge in [0.2, 0.25) is 0 Å². The van der Waals surface area contributed by atoms with Crippen molar-refractivity contribution in [3.63, 3.8) is 0 Å². The van der Waals surface area contributed by atoms with E-state index < -0.39 is 11.7 Å². The third-order valence-electron chi connectivity index (χ3n) is 1.47. The van der Waals surface area contributed by atoms with Crippen LogP contribution in [-0.2, 0) is 4.74 Å². The van der Waals surface area contributed by atoms with Crippen LogP contribution in [-0.4, -0.2) is 29.4 Å². The summed E-state index contributed by atoms with van der Waals surface area (Å²) in [5, 5.41) is 11.6. The van der Waals surface area contributed by atoms with E-state index in [9.17, 15) is 4.79 Å². The van der Waals surface area contributed by atoms with Crippen molar-refractivity contribution in [2.24, 2.45) is 0 Å². The first kappa shape index (κ1) is 13.2. The highest BCUT2D eigenvalue weighted by atomic mass is 16.6. The number of carbonyl (C=O) groups is 1. The second-order valence-corrected chi connectivity index (χ2v) is 4.42. The van der Waals surface area contributed by atoms with Crippen molar-refractivity contribution in [2.75, 3.05) is 6.54 Å². The zero-order valence-electron chi connectivity index (χ0n) is 9.46. The smallest absolute Gasteiger partial charge is 0.407 e. The number of hydrogen-bond donors (Lipinski definition) is 2. The van der Waals surface area contributed by atoms with Crippen LogP contribution in [0.1, 0.15) is 40.5 Å². The van der Waals surface area contributed by atoms with Gasteiger partial charge in [-0.2, -0.15) is 0 Å². The molecule has 14 heavy (non-hydrogen) atoms. The van der Waals surface area contributed by atoms with E-state index in [1.54, 1.807) is 6.92 Å². The van der Waals surface area contributed by atoms with Gasteiger partial charge in [0.1, 0.15) is 5.60 Å². The van der Waals surface area contributed by atoms with Gasteiger partial charge >= 0.3 is 6.09 Å². The lowest BCUT2D eigenvalue weighted by Crippen LogP contribution is -2.33. The predicted molar refractivity (Wildman–Crippen MR) is 55.2 cm³/mol. The highest BCUT2D eigenvalue weighted by Crippen LogP contribution is 2.06. The number of alkyl carbamates (subject to hydrolysis) is 1. The zero-order chi connectivity index (χ0) is 11.2. The Bertz CT molecular complexity index is 173. The maximum absolute atomic E-state index is 11.1. The van der Waals surface area contributed by atoms with Crippen molar-refractivity contribution < 1.29 is 14.6 Å². The Balaban J connectivity index is 3.46. The molecule has 1 atom stereocenters. The Hall–Kier alpha value is -0.770. The predicted octanol–water partition coefficient (Wildman–Crippen LogP) is 1.67. The molecule has 0 saturated carbocycles. The van der Waals surface area contributed by atoms with Crippen molar-refractivity contribution in [3.8, 4) is 0 Å². The fourth-order valence-corrected chi connectivity index (χ4v) is 0.902. The van der Waals surface area contributed by atoms with E-state index >= 15 is 0 Å². The molecule has 0 aromatic heterocycles. The van der Waals surface area contributed by atoms with Crippen LogP contribution in [0.15, 0.2) is 0 Å². The van der Waals surface area contributed by atoms with E-state index in [4.69, 9.17) is 9.84 Å². The molecule has 84 valence electrons. The number of amides is 1. The molecule has 0 spiro atoms. The lowest BCUT2D eigenvalue weighted by Gasteiger charge is -2.19. The summed E-state index contributed by atoms with van der Waals surface area (Å²) in [5.41, 5.74) is -0.450. The molecule has 0 saturated heterocycles. The van der Waals surface area contributed by atoms with Crippen LogP contribution in [0, 0.1) is 0 Å². The summed E-state index contributed by atoms with van der Waals surface area (Å²) < 4.78 is 5.03. The molecular formula is C10H21NO3. The van der Waals surface area contributed by atoms with Gasteiger partial charge < -0.3 is 15.2 Å². The second-order valence-electron chi connectivity index (χ2n) is 4.42. The molecule has 1 unspecified atom stereocenters. The topological polar surface area (TPSA) is 58.6 Å². The molecular weight excluding hydrogens is 182 g/mol. The summed E-state index contributed by atoms with van der Waals surface area (Å²) in [6.07, 6.45) is 0.741. The maximum atomic E-state index is 11.1. The molecule has 0 rings (SSSR count). The molecule has 0 radical (unpaired) electrons. The Morgan fingerprint density at radius 3 is 2.50 bits per heavy atom. The molecule has 0 aromatic carbocycles. The molecule has 0 aliphatic heterocycles. The average molecular weight is 203 g/mol. The summed E-state index contributed by atoms with van der Waals surface area (Å²) in [6.45, 7) is 7.74. The maximum Gasteiger partial charge on any atom is 0.407 e. The van der Waals surface area contributed by atoms with Crippen LogP contribution >= 0.6 is 0 Å². The summed E-state index contributed by atoms with van der Waals surface area (Å²) in [5.74, 6) is 0. The van der Waals surface area contributed by atoms with Gasteiger partial charge in [-0.3, -0.25) is 0 Å². The Labute approximate surface area is 85.6 Å². The molecule has 4 heteroatoms. The largest absolute Gasteiger partial charge is 0.444 e. The second kappa shape index (κ2) is 5.86. The standard InChI is InChI=1S/C10H21NO3/c1-8(12)6-5-7-11-9(13)14-10(2,3)4/h8,12H,5-7H2,1-4H3,(H,11,13). The van der Waals surface area contributed by atoms with Crippen LogP contribution in [0.25, 0.3) is 0 Å². The van der Waals surface area contributed by atoms with E-state index in [2.05, 4.69) is 5.32 Å². The van der Waals surface area contributed by atoms with Crippen LogP contribution < -0.4 is 5.32 Å². The van der Waals surface area contributed by atoms with E-state index in [0.29, 0.717) is 13.0 Å². The van der Waals surface area contributed by atoms with Gasteiger partial charge in [0, 0.05) is 6.54 Å². The van der Waals surface area contributed by atoms with Crippen molar-refractivity contribution >= 4 is 6.09 Å². The first-order valence-electron chi connectivity index (χ1n) is 4.96. The molecule has 0 heterocycles. The zero-order valence-corrected chi connectivity index (χ0v) is 9.46. The molecule has 0 aliphatic rings. The number of hydrogen-bond acceptors (Lipinski definition) is 3. The number of rotatable bonds is 4. The molecule has 0 aliphatic carbocycles. The molecule has 0 fully saturated rings. The first-order valence-corrected chi connectivity index (χ1v) is 4.96. The van der Waals surface area contributed by atoms with Gasteiger partial charge in [0.05, 0.1) is 6.10 Å². The molecule has 1 amide bonds. The third-order valence-corrected chi connectivity index (χ3v) is 1.47. The quantitative estimate of drug-likeness (QED) is 0.683. The minimum atomic E-state index is -0.450. The van der Waals surface area contributed by atoms with Crippen molar-refractivity contribution in [1.29, 1.82) is 0 Å². The number of carbonyl (C=O) groups excluding carboxylic acids is 1. The van der Waals surface area contributed by atoms with E-state index in [1.165, 1.54) is 0 Å². The summed E-state index contributed by atoms with van der Waals surface area (Å²) in [7, 11) is 0. The monoisotopic (exact) mass is 203 g/mol. The normalized spacial score (nSPS) is 13.5. The van der Waals surface area contributed by atoms with Crippen LogP contribution in [0.2, 0.25) is 0 Å². The number of aliphatic hydroxyl groups excluding tert-OH is 1. The Morgan fingerprint density at radius 2 is 2.07 bits per heavy atom. The molecule has 0 aromatic rings. The fraction of sp³-hybridized carbons (Fsp3) is 0.900. The lowest BCUT2D eigenvalue weighted by atomic mass is 10.2. The van der Waals surface area contributed by atoms with Gasteiger partial charge in [0.15, 0.2) is 0 Å². The Kier molecular flexibility index (Phi) is 5.53. The van der Waals surface area contributed by atoms with Crippen molar-refractivity contribution in [3.05, 3.63) is 0 Å². The van der Waals surface area contributed by atoms with Gasteiger partial charge in [-0.25, -0.2) is 4.79 Å². The van der Waals surface area contributed by atoms with Gasteiger partial charge in [-0.15, -0.1) is 0 Å². The number of ether oxygens (including phenoxy) is 1. The van der Waals surface area contributed by atoms with E-state index in [-0.39, 0.29) is 6.10 Å². The van der Waals surface area contributed by atoms with Gasteiger partial charge in [-0.05, 0) is 40.5 Å². The van der Waals surface area contributed by atoms with Crippen LogP contribution in [0.4, 0.5) is 4.79 Å². The minimum absolute atomic E-state index is 0.310. The average Bonchev–Trinajstić information content (AvgIpc) is 1.94. The number of aliphatic hydroxyl groups is 1. The van der Waals surface area contributed by atoms with Gasteiger partial charge in [0.25, 0.3) is 0 Å². The summed E-state index contributed by atoms with van der Waals surface area (Å²) >= 11 is 0. The molecule has 2 N–H and O–H groups in total. The van der Waals surface area contributed by atoms with Crippen molar-refractivity contribution in [1.82, 2.24) is 5.32 Å². The molecule has 4 nitrogen and oxygen atoms in total. The number of nitrogens with one attached hydrogen (secondary N) is 1. The van der Waals surface area contributed by atoms with Gasteiger partial charge in [-0.1, -0.05) is 0 Å². The highest BCUT2D eigenvalue weighted by Gasteiger charge is 2.15. The molecule has 0 bridgehead atoms.